The third-order valence-electron chi connectivity index (χ3n) is 4.63. The molecule has 1 amide bonds. The van der Waals surface area contributed by atoms with E-state index in [1.54, 1.807) is 27.2 Å². The summed E-state index contributed by atoms with van der Waals surface area (Å²) in [7, 11) is 0. The number of hydrogen-bond acceptors (Lipinski definition) is 6. The van der Waals surface area contributed by atoms with Crippen LogP contribution in [0, 0.1) is 11.3 Å². The molecule has 156 valence electrons. The summed E-state index contributed by atoms with van der Waals surface area (Å²) in [4.78, 5) is 25.4. The predicted molar refractivity (Wildman–Crippen MR) is 121 cm³/mol. The van der Waals surface area contributed by atoms with Crippen LogP contribution in [0.15, 0.2) is 52.4 Å². The summed E-state index contributed by atoms with van der Waals surface area (Å²) >= 11 is 7.17. The van der Waals surface area contributed by atoms with Crippen molar-refractivity contribution in [1.29, 1.82) is 5.26 Å². The topological polar surface area (TPSA) is 105 Å². The normalized spacial score (nSPS) is 11.0. The Balaban J connectivity index is 1.66. The first-order valence-corrected chi connectivity index (χ1v) is 10.9. The van der Waals surface area contributed by atoms with Crippen molar-refractivity contribution in [1.82, 2.24) is 19.2 Å². The van der Waals surface area contributed by atoms with E-state index < -0.39 is 0 Å². The van der Waals surface area contributed by atoms with E-state index in [-0.39, 0.29) is 17.2 Å². The molecule has 4 rings (SSSR count). The van der Waals surface area contributed by atoms with Gasteiger partial charge in [-0.25, -0.2) is 0 Å². The highest BCUT2D eigenvalue weighted by atomic mass is 35.5. The molecule has 0 bridgehead atoms. The number of rotatable bonds is 6. The number of fused-ring (bicyclic) bond motifs is 3. The number of aromatic nitrogens is 4. The second kappa shape index (κ2) is 8.79. The van der Waals surface area contributed by atoms with Crippen molar-refractivity contribution in [2.45, 2.75) is 25.0 Å². The van der Waals surface area contributed by atoms with Crippen molar-refractivity contribution in [3.05, 3.63) is 63.4 Å². The van der Waals surface area contributed by atoms with Crippen LogP contribution in [0.2, 0.25) is 5.02 Å². The Kier molecular flexibility index (Phi) is 5.93. The lowest BCUT2D eigenvalue weighted by molar-refractivity contribution is -0.113. The molecule has 0 aliphatic rings. The lowest BCUT2D eigenvalue weighted by atomic mass is 10.2. The Hall–Kier alpha value is -3.35. The Bertz CT molecular complexity index is 1410. The van der Waals surface area contributed by atoms with Crippen molar-refractivity contribution in [3.8, 4) is 6.07 Å². The molecular formula is C21H17ClN6O2S. The van der Waals surface area contributed by atoms with Crippen molar-refractivity contribution < 1.29 is 4.79 Å². The molecule has 10 heteroatoms. The van der Waals surface area contributed by atoms with E-state index >= 15 is 0 Å². The Labute approximate surface area is 186 Å². The molecule has 0 aliphatic heterocycles. The first kappa shape index (κ1) is 20.9. The van der Waals surface area contributed by atoms with Gasteiger partial charge in [0.05, 0.1) is 27.9 Å². The highest BCUT2D eigenvalue weighted by molar-refractivity contribution is 7.99. The molecule has 0 aliphatic carbocycles. The average molecular weight is 453 g/mol. The summed E-state index contributed by atoms with van der Waals surface area (Å²) in [5.74, 6) is 0.168. The van der Waals surface area contributed by atoms with Crippen LogP contribution in [0.5, 0.6) is 0 Å². The van der Waals surface area contributed by atoms with E-state index in [2.05, 4.69) is 15.5 Å². The predicted octanol–water partition coefficient (Wildman–Crippen LogP) is 3.71. The molecule has 2 heterocycles. The molecule has 8 nitrogen and oxygen atoms in total. The second-order valence-electron chi connectivity index (χ2n) is 6.73. The minimum atomic E-state index is -0.313. The molecule has 0 spiro atoms. The number of halogens is 1. The maximum absolute atomic E-state index is 12.9. The number of carbonyl (C=O) groups excluding carboxylic acids is 1. The largest absolute Gasteiger partial charge is 0.324 e. The van der Waals surface area contributed by atoms with Crippen LogP contribution in [0.25, 0.3) is 16.7 Å². The molecule has 0 fully saturated rings. The van der Waals surface area contributed by atoms with Crippen LogP contribution in [0.1, 0.15) is 18.9 Å². The number of carbonyl (C=O) groups is 1. The molecule has 2 aromatic heterocycles. The summed E-state index contributed by atoms with van der Waals surface area (Å²) < 4.78 is 3.40. The third-order valence-corrected chi connectivity index (χ3v) is 5.80. The number of amides is 1. The first-order chi connectivity index (χ1) is 15.0. The van der Waals surface area contributed by atoms with Crippen LogP contribution in [0.3, 0.4) is 0 Å². The molecule has 1 N–H and O–H groups in total. The number of anilines is 1. The SMILES string of the molecule is CCCn1c(=O)c2ccccc2n2c(SCC(=O)Nc3cc(Cl)ccc3C#N)nnc12. The number of thioether (sulfide) groups is 1. The lowest BCUT2D eigenvalue weighted by Gasteiger charge is -2.10. The standard InChI is InChI=1S/C21H17ClN6O2S/c1-2-9-27-19(30)15-5-3-4-6-17(15)28-20(27)25-26-21(28)31-12-18(29)24-16-10-14(22)8-7-13(16)11-23/h3-8,10H,2,9,12H2,1H3,(H,24,29). The highest BCUT2D eigenvalue weighted by Crippen LogP contribution is 2.23. The second-order valence-corrected chi connectivity index (χ2v) is 8.11. The fourth-order valence-corrected chi connectivity index (χ4v) is 4.20. The van der Waals surface area contributed by atoms with Crippen molar-refractivity contribution >= 4 is 51.6 Å². The first-order valence-electron chi connectivity index (χ1n) is 9.52. The van der Waals surface area contributed by atoms with E-state index in [0.717, 1.165) is 6.42 Å². The summed E-state index contributed by atoms with van der Waals surface area (Å²) in [6.07, 6.45) is 0.770. The molecule has 2 aromatic carbocycles. The molecule has 4 aromatic rings. The van der Waals surface area contributed by atoms with Gasteiger partial charge in [0.15, 0.2) is 5.16 Å². The monoisotopic (exact) mass is 452 g/mol. The molecule has 0 saturated heterocycles. The van der Waals surface area contributed by atoms with Gasteiger partial charge in [-0.05, 0) is 36.8 Å². The fraction of sp³-hybridized carbons (Fsp3) is 0.190. The van der Waals surface area contributed by atoms with Gasteiger partial charge in [0.25, 0.3) is 5.56 Å². The summed E-state index contributed by atoms with van der Waals surface area (Å²) in [5.41, 5.74) is 1.25. The maximum Gasteiger partial charge on any atom is 0.262 e. The molecule has 31 heavy (non-hydrogen) atoms. The van der Waals surface area contributed by atoms with Gasteiger partial charge in [0, 0.05) is 11.6 Å². The van der Waals surface area contributed by atoms with Crippen molar-refractivity contribution in [2.75, 3.05) is 11.1 Å². The van der Waals surface area contributed by atoms with Gasteiger partial charge < -0.3 is 5.32 Å². The van der Waals surface area contributed by atoms with Gasteiger partial charge in [0.2, 0.25) is 11.7 Å². The highest BCUT2D eigenvalue weighted by Gasteiger charge is 2.17. The van der Waals surface area contributed by atoms with Crippen molar-refractivity contribution in [2.24, 2.45) is 0 Å². The zero-order chi connectivity index (χ0) is 22.0. The third kappa shape index (κ3) is 4.00. The van der Waals surface area contributed by atoms with Gasteiger partial charge >= 0.3 is 0 Å². The van der Waals surface area contributed by atoms with E-state index in [1.165, 1.54) is 17.8 Å². The van der Waals surface area contributed by atoms with Gasteiger partial charge in [-0.1, -0.05) is 42.4 Å². The number of nitrogens with one attached hydrogen (secondary N) is 1. The number of benzene rings is 2. The van der Waals surface area contributed by atoms with E-state index in [4.69, 9.17) is 11.6 Å². The number of nitriles is 1. The average Bonchev–Trinajstić information content (AvgIpc) is 3.19. The number of hydrogen-bond donors (Lipinski definition) is 1. The van der Waals surface area contributed by atoms with Crippen LogP contribution < -0.4 is 10.9 Å². The molecule has 0 radical (unpaired) electrons. The summed E-state index contributed by atoms with van der Waals surface area (Å²) in [6, 6.07) is 14.0. The maximum atomic E-state index is 12.9. The minimum absolute atomic E-state index is 0.0411. The van der Waals surface area contributed by atoms with Gasteiger partial charge in [-0.3, -0.25) is 18.6 Å². The van der Waals surface area contributed by atoms with Crippen LogP contribution in [-0.4, -0.2) is 30.8 Å². The quantitative estimate of drug-likeness (QED) is 0.447. The Morgan fingerprint density at radius 2 is 2.06 bits per heavy atom. The summed E-state index contributed by atoms with van der Waals surface area (Å²) in [5, 5.41) is 21.8. The zero-order valence-corrected chi connectivity index (χ0v) is 18.1. The van der Waals surface area contributed by atoms with Crippen LogP contribution in [0.4, 0.5) is 5.69 Å². The summed E-state index contributed by atoms with van der Waals surface area (Å²) in [6.45, 7) is 2.50. The van der Waals surface area contributed by atoms with E-state index in [0.29, 0.717) is 44.7 Å². The molecule has 0 atom stereocenters. The molecule has 0 saturated carbocycles. The van der Waals surface area contributed by atoms with Gasteiger partial charge in [-0.15, -0.1) is 10.2 Å². The Morgan fingerprint density at radius 3 is 2.84 bits per heavy atom. The lowest BCUT2D eigenvalue weighted by Crippen LogP contribution is -2.23. The van der Waals surface area contributed by atoms with Crippen LogP contribution in [-0.2, 0) is 11.3 Å². The molecule has 0 unspecified atom stereocenters. The van der Waals surface area contributed by atoms with E-state index in [9.17, 15) is 14.9 Å². The van der Waals surface area contributed by atoms with Gasteiger partial charge in [-0.2, -0.15) is 5.26 Å². The number of nitrogens with zero attached hydrogens (tertiary/aromatic N) is 5. The zero-order valence-electron chi connectivity index (χ0n) is 16.5. The van der Waals surface area contributed by atoms with Crippen LogP contribution >= 0.6 is 23.4 Å². The Morgan fingerprint density at radius 1 is 1.26 bits per heavy atom. The number of para-hydroxylation sites is 1. The van der Waals surface area contributed by atoms with Crippen molar-refractivity contribution in [3.63, 3.8) is 0 Å². The molecular weight excluding hydrogens is 436 g/mol. The fourth-order valence-electron chi connectivity index (χ4n) is 3.29. The van der Waals surface area contributed by atoms with Gasteiger partial charge in [0.1, 0.15) is 6.07 Å². The minimum Gasteiger partial charge on any atom is -0.324 e. The smallest absolute Gasteiger partial charge is 0.262 e. The number of aryl methyl sites for hydroxylation is 1. The van der Waals surface area contributed by atoms with E-state index in [1.807, 2.05) is 31.2 Å².